The van der Waals surface area contributed by atoms with Crippen LogP contribution in [0.1, 0.15) is 28.8 Å². The molecule has 1 saturated heterocycles. The second-order valence-corrected chi connectivity index (χ2v) is 8.47. The molecule has 0 radical (unpaired) electrons. The van der Waals surface area contributed by atoms with Crippen molar-refractivity contribution in [2.24, 2.45) is 0 Å². The average molecular weight is 493 g/mol. The van der Waals surface area contributed by atoms with Crippen molar-refractivity contribution in [3.8, 4) is 11.5 Å². The van der Waals surface area contributed by atoms with Crippen LogP contribution in [0.2, 0.25) is 5.02 Å². The number of carbonyl (C=O) groups is 2. The van der Waals surface area contributed by atoms with Gasteiger partial charge < -0.3 is 15.0 Å². The number of carbonyl (C=O) groups excluding carboxylic acids is 2. The highest BCUT2D eigenvalue weighted by Gasteiger charge is 2.24. The molecular weight excluding hydrogens is 468 g/mol. The minimum atomic E-state index is -0.638. The van der Waals surface area contributed by atoms with Gasteiger partial charge in [0.05, 0.1) is 5.02 Å². The number of ether oxygens (including phenoxy) is 1. The molecule has 3 aromatic rings. The lowest BCUT2D eigenvalue weighted by atomic mass is 10.0. The molecule has 9 heteroatoms. The highest BCUT2D eigenvalue weighted by atomic mass is 35.5. The van der Waals surface area contributed by atoms with Gasteiger partial charge in [0.2, 0.25) is 0 Å². The smallest absolute Gasteiger partial charge is 0.267 e. The molecule has 0 spiro atoms. The molecule has 1 aliphatic rings. The summed E-state index contributed by atoms with van der Waals surface area (Å²) < 4.78 is 5.79. The van der Waals surface area contributed by atoms with Gasteiger partial charge in [0.15, 0.2) is 0 Å². The first-order valence-electron chi connectivity index (χ1n) is 11.2. The summed E-state index contributed by atoms with van der Waals surface area (Å²) in [5, 5.41) is 12.3. The molecular formula is C26H25ClN4O4. The van der Waals surface area contributed by atoms with E-state index >= 15 is 0 Å². The number of anilines is 1. The van der Waals surface area contributed by atoms with Crippen molar-refractivity contribution in [1.82, 2.24) is 15.4 Å². The summed E-state index contributed by atoms with van der Waals surface area (Å²) >= 11 is 6.34. The quantitative estimate of drug-likeness (QED) is 0.249. The number of para-hydroxylation sites is 1. The van der Waals surface area contributed by atoms with Gasteiger partial charge in [-0.3, -0.25) is 14.8 Å². The number of hydroxylamine groups is 1. The van der Waals surface area contributed by atoms with Crippen molar-refractivity contribution < 1.29 is 19.5 Å². The lowest BCUT2D eigenvalue weighted by Gasteiger charge is -2.33. The Balaban J connectivity index is 1.29. The molecule has 180 valence electrons. The van der Waals surface area contributed by atoms with Crippen LogP contribution in [0.5, 0.6) is 11.5 Å². The summed E-state index contributed by atoms with van der Waals surface area (Å²) in [5.41, 5.74) is 2.78. The number of halogens is 1. The fourth-order valence-corrected chi connectivity index (χ4v) is 3.98. The van der Waals surface area contributed by atoms with E-state index < -0.39 is 5.91 Å². The van der Waals surface area contributed by atoms with Crippen LogP contribution >= 0.6 is 11.6 Å². The summed E-state index contributed by atoms with van der Waals surface area (Å²) in [6, 6.07) is 18.5. The maximum absolute atomic E-state index is 12.9. The Kier molecular flexibility index (Phi) is 7.97. The highest BCUT2D eigenvalue weighted by Crippen LogP contribution is 2.25. The Hall–Kier alpha value is -3.88. The largest absolute Gasteiger partial charge is 0.457 e. The molecule has 0 aliphatic carbocycles. The summed E-state index contributed by atoms with van der Waals surface area (Å²) in [4.78, 5) is 30.2. The number of amides is 2. The third kappa shape index (κ3) is 6.59. The van der Waals surface area contributed by atoms with Crippen LogP contribution in [0.15, 0.2) is 72.9 Å². The zero-order chi connectivity index (χ0) is 24.6. The molecule has 4 rings (SSSR count). The molecule has 2 amide bonds. The van der Waals surface area contributed by atoms with Crippen LogP contribution in [-0.4, -0.2) is 46.0 Å². The van der Waals surface area contributed by atoms with Crippen molar-refractivity contribution in [3.63, 3.8) is 0 Å². The fourth-order valence-electron chi connectivity index (χ4n) is 3.75. The van der Waals surface area contributed by atoms with Gasteiger partial charge in [-0.05, 0) is 66.9 Å². The highest BCUT2D eigenvalue weighted by molar-refractivity contribution is 6.33. The molecule has 2 aromatic carbocycles. The van der Waals surface area contributed by atoms with Crippen LogP contribution in [-0.2, 0) is 4.79 Å². The molecule has 0 saturated carbocycles. The SMILES string of the molecule is O=C(/C=C/c1cnc(NC2CCN(C(=O)c3ccc(Oc4ccccc4)cc3)CC2)c(Cl)c1)NO. The van der Waals surface area contributed by atoms with Gasteiger partial charge in [-0.15, -0.1) is 0 Å². The Morgan fingerprint density at radius 1 is 1.06 bits per heavy atom. The molecule has 35 heavy (non-hydrogen) atoms. The summed E-state index contributed by atoms with van der Waals surface area (Å²) in [5.74, 6) is 1.33. The van der Waals surface area contributed by atoms with Crippen molar-refractivity contribution in [2.75, 3.05) is 18.4 Å². The maximum atomic E-state index is 12.9. The molecule has 1 aliphatic heterocycles. The van der Waals surface area contributed by atoms with E-state index in [9.17, 15) is 9.59 Å². The van der Waals surface area contributed by atoms with E-state index in [0.717, 1.165) is 18.6 Å². The molecule has 1 aromatic heterocycles. The molecule has 8 nitrogen and oxygen atoms in total. The molecule has 1 fully saturated rings. The number of pyridine rings is 1. The minimum Gasteiger partial charge on any atom is -0.457 e. The number of nitrogens with zero attached hydrogens (tertiary/aromatic N) is 2. The Bertz CT molecular complexity index is 1190. The second-order valence-electron chi connectivity index (χ2n) is 8.06. The summed E-state index contributed by atoms with van der Waals surface area (Å²) in [6.45, 7) is 1.24. The monoisotopic (exact) mass is 492 g/mol. The van der Waals surface area contributed by atoms with Crippen molar-refractivity contribution in [3.05, 3.63) is 89.1 Å². The van der Waals surface area contributed by atoms with Gasteiger partial charge in [0.1, 0.15) is 17.3 Å². The number of nitrogens with one attached hydrogen (secondary N) is 2. The van der Waals surface area contributed by atoms with E-state index in [4.69, 9.17) is 21.5 Å². The number of hydrogen-bond donors (Lipinski definition) is 3. The standard InChI is InChI=1S/C26H25ClN4O4/c27-23-16-18(6-11-24(32)30-34)17-28-25(23)29-20-12-14-31(15-13-20)26(33)19-7-9-22(10-8-19)35-21-4-2-1-3-5-21/h1-11,16-17,20,34H,12-15H2,(H,28,29)(H,30,32)/b11-6+. The number of benzene rings is 2. The van der Waals surface area contributed by atoms with E-state index in [-0.39, 0.29) is 11.9 Å². The van der Waals surface area contributed by atoms with Gasteiger partial charge in [0, 0.05) is 37.0 Å². The van der Waals surface area contributed by atoms with Crippen LogP contribution in [0.4, 0.5) is 5.82 Å². The number of aromatic nitrogens is 1. The number of piperidine rings is 1. The summed E-state index contributed by atoms with van der Waals surface area (Å²) in [6.07, 6.45) is 5.78. The number of hydrogen-bond acceptors (Lipinski definition) is 6. The predicted molar refractivity (Wildman–Crippen MR) is 134 cm³/mol. The molecule has 3 N–H and O–H groups in total. The first kappa shape index (κ1) is 24.3. The molecule has 0 unspecified atom stereocenters. The molecule has 2 heterocycles. The third-order valence-electron chi connectivity index (χ3n) is 5.60. The fraction of sp³-hybridized carbons (Fsp3) is 0.192. The van der Waals surface area contributed by atoms with Crippen LogP contribution in [0.25, 0.3) is 6.08 Å². The lowest BCUT2D eigenvalue weighted by Crippen LogP contribution is -2.42. The lowest BCUT2D eigenvalue weighted by molar-refractivity contribution is -0.124. The molecule has 0 bridgehead atoms. The van der Waals surface area contributed by atoms with Gasteiger partial charge >= 0.3 is 0 Å². The average Bonchev–Trinajstić information content (AvgIpc) is 2.89. The third-order valence-corrected chi connectivity index (χ3v) is 5.89. The zero-order valence-electron chi connectivity index (χ0n) is 18.9. The van der Waals surface area contributed by atoms with Gasteiger partial charge in [-0.1, -0.05) is 29.8 Å². The van der Waals surface area contributed by atoms with E-state index in [1.807, 2.05) is 35.2 Å². The Labute approximate surface area is 208 Å². The van der Waals surface area contributed by atoms with E-state index in [1.165, 1.54) is 17.6 Å². The van der Waals surface area contributed by atoms with E-state index in [2.05, 4.69) is 10.3 Å². The van der Waals surface area contributed by atoms with Crippen LogP contribution in [0, 0.1) is 0 Å². The number of likely N-dealkylation sites (tertiary alicyclic amines) is 1. The van der Waals surface area contributed by atoms with Gasteiger partial charge in [0.25, 0.3) is 11.8 Å². The minimum absolute atomic E-state index is 0.00563. The van der Waals surface area contributed by atoms with E-state index in [1.54, 1.807) is 36.5 Å². The van der Waals surface area contributed by atoms with Crippen molar-refractivity contribution >= 4 is 35.3 Å². The topological polar surface area (TPSA) is 104 Å². The summed E-state index contributed by atoms with van der Waals surface area (Å²) in [7, 11) is 0. The van der Waals surface area contributed by atoms with E-state index in [0.29, 0.717) is 40.8 Å². The van der Waals surface area contributed by atoms with Gasteiger partial charge in [-0.25, -0.2) is 10.5 Å². The normalized spacial score (nSPS) is 14.1. The maximum Gasteiger partial charge on any atom is 0.267 e. The Morgan fingerprint density at radius 2 is 1.74 bits per heavy atom. The van der Waals surface area contributed by atoms with Crippen LogP contribution < -0.4 is 15.5 Å². The number of rotatable bonds is 7. The first-order chi connectivity index (χ1) is 17.0. The van der Waals surface area contributed by atoms with Crippen molar-refractivity contribution in [2.45, 2.75) is 18.9 Å². The first-order valence-corrected chi connectivity index (χ1v) is 11.6. The van der Waals surface area contributed by atoms with Gasteiger partial charge in [-0.2, -0.15) is 0 Å². The predicted octanol–water partition coefficient (Wildman–Crippen LogP) is 4.76. The van der Waals surface area contributed by atoms with Crippen molar-refractivity contribution in [1.29, 1.82) is 0 Å². The molecule has 0 atom stereocenters. The second kappa shape index (κ2) is 11.5. The zero-order valence-corrected chi connectivity index (χ0v) is 19.6. The van der Waals surface area contributed by atoms with Crippen LogP contribution in [0.3, 0.4) is 0 Å². The Morgan fingerprint density at radius 3 is 2.40 bits per heavy atom.